The highest BCUT2D eigenvalue weighted by molar-refractivity contribution is 7.11. The van der Waals surface area contributed by atoms with Crippen LogP contribution in [0.2, 0.25) is 0 Å². The van der Waals surface area contributed by atoms with E-state index in [0.717, 1.165) is 22.0 Å². The maximum absolute atomic E-state index is 10.2. The van der Waals surface area contributed by atoms with E-state index in [4.69, 9.17) is 0 Å². The van der Waals surface area contributed by atoms with E-state index in [0.29, 0.717) is 6.42 Å². The first-order valence-electron chi connectivity index (χ1n) is 5.60. The summed E-state index contributed by atoms with van der Waals surface area (Å²) in [6, 6.07) is 3.77. The summed E-state index contributed by atoms with van der Waals surface area (Å²) < 4.78 is 0. The smallest absolute Gasteiger partial charge is 0.0960 e. The van der Waals surface area contributed by atoms with Crippen molar-refractivity contribution >= 4 is 11.3 Å². The van der Waals surface area contributed by atoms with E-state index in [1.807, 2.05) is 26.0 Å². The molecule has 0 aliphatic rings. The molecule has 4 heteroatoms. The van der Waals surface area contributed by atoms with E-state index >= 15 is 0 Å². The standard InChI is InChI=1S/C13H16N2OS/c1-8-10(3)17-13(15-8)7-12(16)11-5-4-6-14-9(11)2/h4-6,12,16H,7H2,1-3H3. The molecule has 90 valence electrons. The molecule has 0 radical (unpaired) electrons. The molecule has 0 aliphatic heterocycles. The van der Waals surface area contributed by atoms with Crippen molar-refractivity contribution in [3.05, 3.63) is 45.2 Å². The van der Waals surface area contributed by atoms with Crippen molar-refractivity contribution in [3.63, 3.8) is 0 Å². The molecule has 2 heterocycles. The van der Waals surface area contributed by atoms with Crippen molar-refractivity contribution in [3.8, 4) is 0 Å². The Bertz CT molecular complexity index is 502. The second kappa shape index (κ2) is 4.94. The molecule has 2 aromatic rings. The summed E-state index contributed by atoms with van der Waals surface area (Å²) in [5.41, 5.74) is 2.82. The van der Waals surface area contributed by atoms with Gasteiger partial charge in [0.05, 0.1) is 16.8 Å². The normalized spacial score (nSPS) is 12.7. The molecular weight excluding hydrogens is 232 g/mol. The largest absolute Gasteiger partial charge is 0.388 e. The fraction of sp³-hybridized carbons (Fsp3) is 0.385. The van der Waals surface area contributed by atoms with E-state index in [1.54, 1.807) is 17.5 Å². The number of nitrogens with zero attached hydrogens (tertiary/aromatic N) is 2. The molecule has 0 spiro atoms. The molecule has 2 rings (SSSR count). The second-order valence-electron chi connectivity index (χ2n) is 4.15. The molecule has 3 nitrogen and oxygen atoms in total. The molecule has 0 amide bonds. The van der Waals surface area contributed by atoms with Crippen molar-refractivity contribution in [2.75, 3.05) is 0 Å². The van der Waals surface area contributed by atoms with Crippen molar-refractivity contribution in [2.24, 2.45) is 0 Å². The minimum absolute atomic E-state index is 0.520. The first kappa shape index (κ1) is 12.2. The van der Waals surface area contributed by atoms with Gasteiger partial charge in [0.1, 0.15) is 0 Å². The molecule has 2 aromatic heterocycles. The van der Waals surface area contributed by atoms with Gasteiger partial charge in [0.2, 0.25) is 0 Å². The van der Waals surface area contributed by atoms with Gasteiger partial charge in [-0.05, 0) is 26.8 Å². The lowest BCUT2D eigenvalue weighted by Gasteiger charge is -2.11. The van der Waals surface area contributed by atoms with Gasteiger partial charge in [-0.25, -0.2) is 4.98 Å². The topological polar surface area (TPSA) is 46.0 Å². The summed E-state index contributed by atoms with van der Waals surface area (Å²) in [6.07, 6.45) is 1.78. The van der Waals surface area contributed by atoms with E-state index in [-0.39, 0.29) is 0 Å². The summed E-state index contributed by atoms with van der Waals surface area (Å²) in [5.74, 6) is 0. The zero-order valence-corrected chi connectivity index (χ0v) is 11.1. The number of rotatable bonds is 3. The van der Waals surface area contributed by atoms with Crippen LogP contribution in [0.15, 0.2) is 18.3 Å². The van der Waals surface area contributed by atoms with Crippen molar-refractivity contribution < 1.29 is 5.11 Å². The molecule has 1 unspecified atom stereocenters. The molecular formula is C13H16N2OS. The van der Waals surface area contributed by atoms with Crippen molar-refractivity contribution in [1.29, 1.82) is 0 Å². The SMILES string of the molecule is Cc1ncccc1C(O)Cc1nc(C)c(C)s1. The van der Waals surface area contributed by atoms with Crippen LogP contribution >= 0.6 is 11.3 Å². The van der Waals surface area contributed by atoms with E-state index in [9.17, 15) is 5.11 Å². The minimum Gasteiger partial charge on any atom is -0.388 e. The number of aliphatic hydroxyl groups is 1. The Morgan fingerprint density at radius 2 is 2.06 bits per heavy atom. The van der Waals surface area contributed by atoms with Gasteiger partial charge in [0.25, 0.3) is 0 Å². The van der Waals surface area contributed by atoms with Crippen LogP contribution in [0, 0.1) is 20.8 Å². The van der Waals surface area contributed by atoms with Crippen LogP contribution < -0.4 is 0 Å². The summed E-state index contributed by atoms with van der Waals surface area (Å²) >= 11 is 1.65. The van der Waals surface area contributed by atoms with Crippen molar-refractivity contribution in [2.45, 2.75) is 33.3 Å². The quantitative estimate of drug-likeness (QED) is 0.908. The average Bonchev–Trinajstić information content (AvgIpc) is 2.58. The third-order valence-corrected chi connectivity index (χ3v) is 3.94. The lowest BCUT2D eigenvalue weighted by molar-refractivity contribution is 0.177. The number of pyridine rings is 1. The molecule has 0 fully saturated rings. The fourth-order valence-corrected chi connectivity index (χ4v) is 2.72. The Labute approximate surface area is 105 Å². The Morgan fingerprint density at radius 1 is 1.29 bits per heavy atom. The molecule has 1 N–H and O–H groups in total. The number of hydrogen-bond donors (Lipinski definition) is 1. The maximum atomic E-state index is 10.2. The third kappa shape index (κ3) is 2.70. The van der Waals surface area contributed by atoms with Crippen LogP contribution in [0.1, 0.15) is 32.9 Å². The number of thiazole rings is 1. The molecule has 0 saturated heterocycles. The van der Waals surface area contributed by atoms with Gasteiger partial charge in [0.15, 0.2) is 0 Å². The summed E-state index contributed by atoms with van der Waals surface area (Å²) in [5, 5.41) is 11.2. The van der Waals surface area contributed by atoms with Gasteiger partial charge in [-0.2, -0.15) is 0 Å². The van der Waals surface area contributed by atoms with Gasteiger partial charge >= 0.3 is 0 Å². The van der Waals surface area contributed by atoms with Crippen LogP contribution in [-0.4, -0.2) is 15.1 Å². The van der Waals surface area contributed by atoms with Crippen LogP contribution in [0.4, 0.5) is 0 Å². The summed E-state index contributed by atoms with van der Waals surface area (Å²) in [6.45, 7) is 5.96. The van der Waals surface area contributed by atoms with Crippen LogP contribution in [0.3, 0.4) is 0 Å². The Balaban J connectivity index is 2.17. The average molecular weight is 248 g/mol. The van der Waals surface area contributed by atoms with E-state index in [1.165, 1.54) is 4.88 Å². The van der Waals surface area contributed by atoms with Crippen LogP contribution in [0.25, 0.3) is 0 Å². The van der Waals surface area contributed by atoms with Gasteiger partial charge < -0.3 is 5.11 Å². The maximum Gasteiger partial charge on any atom is 0.0960 e. The Hall–Kier alpha value is -1.26. The first-order valence-corrected chi connectivity index (χ1v) is 6.42. The summed E-state index contributed by atoms with van der Waals surface area (Å²) in [4.78, 5) is 9.85. The minimum atomic E-state index is -0.520. The predicted octanol–water partition coefficient (Wildman–Crippen LogP) is 2.74. The molecule has 0 aliphatic carbocycles. The highest BCUT2D eigenvalue weighted by Gasteiger charge is 2.14. The predicted molar refractivity (Wildman–Crippen MR) is 69.2 cm³/mol. The lowest BCUT2D eigenvalue weighted by Crippen LogP contribution is -2.04. The Kier molecular flexibility index (Phi) is 3.54. The highest BCUT2D eigenvalue weighted by Crippen LogP contribution is 2.24. The Morgan fingerprint density at radius 3 is 2.65 bits per heavy atom. The van der Waals surface area contributed by atoms with Gasteiger partial charge in [-0.1, -0.05) is 6.07 Å². The van der Waals surface area contributed by atoms with E-state index < -0.39 is 6.10 Å². The second-order valence-corrected chi connectivity index (χ2v) is 5.43. The highest BCUT2D eigenvalue weighted by atomic mass is 32.1. The third-order valence-electron chi connectivity index (χ3n) is 2.85. The van der Waals surface area contributed by atoms with Crippen LogP contribution in [0.5, 0.6) is 0 Å². The number of hydrogen-bond acceptors (Lipinski definition) is 4. The molecule has 0 saturated carbocycles. The van der Waals surface area contributed by atoms with Gasteiger partial charge in [-0.3, -0.25) is 4.98 Å². The number of aryl methyl sites for hydroxylation is 3. The molecule has 1 atom stereocenters. The van der Waals surface area contributed by atoms with Gasteiger partial charge in [-0.15, -0.1) is 11.3 Å². The fourth-order valence-electron chi connectivity index (χ4n) is 1.75. The van der Waals surface area contributed by atoms with E-state index in [2.05, 4.69) is 16.9 Å². The molecule has 0 bridgehead atoms. The number of aliphatic hydroxyl groups excluding tert-OH is 1. The molecule has 17 heavy (non-hydrogen) atoms. The van der Waals surface area contributed by atoms with Crippen LogP contribution in [-0.2, 0) is 6.42 Å². The first-order chi connectivity index (χ1) is 8.08. The molecule has 0 aromatic carbocycles. The zero-order valence-electron chi connectivity index (χ0n) is 10.3. The summed E-state index contributed by atoms with van der Waals surface area (Å²) in [7, 11) is 0. The monoisotopic (exact) mass is 248 g/mol. The van der Waals surface area contributed by atoms with Crippen molar-refractivity contribution in [1.82, 2.24) is 9.97 Å². The lowest BCUT2D eigenvalue weighted by atomic mass is 10.1. The number of aromatic nitrogens is 2. The zero-order chi connectivity index (χ0) is 12.4. The van der Waals surface area contributed by atoms with Gasteiger partial charge in [0, 0.05) is 28.8 Å².